The van der Waals surface area contributed by atoms with Crippen LogP contribution in [-0.4, -0.2) is 19.6 Å². The van der Waals surface area contributed by atoms with Crippen LogP contribution < -0.4 is 0 Å². The van der Waals surface area contributed by atoms with Crippen molar-refractivity contribution >= 4 is 0 Å². The number of alkyl halides is 2. The standard InChI is InChI=1S/C6H10F2O/c1-9-5-2-4(3-5)6(7)8/h4-6H,2-3H2,1H3. The maximum Gasteiger partial charge on any atom is 0.241 e. The Morgan fingerprint density at radius 2 is 2.00 bits per heavy atom. The highest BCUT2D eigenvalue weighted by molar-refractivity contribution is 4.81. The van der Waals surface area contributed by atoms with E-state index in [9.17, 15) is 8.78 Å². The SMILES string of the molecule is COC1CC(C(F)F)C1. The van der Waals surface area contributed by atoms with Crippen molar-refractivity contribution in [3.63, 3.8) is 0 Å². The van der Waals surface area contributed by atoms with Crippen LogP contribution in [-0.2, 0) is 4.74 Å². The third kappa shape index (κ3) is 1.39. The number of ether oxygens (including phenoxy) is 1. The van der Waals surface area contributed by atoms with Gasteiger partial charge in [-0.05, 0) is 12.8 Å². The number of methoxy groups -OCH3 is 1. The van der Waals surface area contributed by atoms with E-state index in [0.29, 0.717) is 12.8 Å². The van der Waals surface area contributed by atoms with Gasteiger partial charge in [0.1, 0.15) is 0 Å². The molecule has 1 nitrogen and oxygen atoms in total. The smallest absolute Gasteiger partial charge is 0.241 e. The molecule has 0 radical (unpaired) electrons. The summed E-state index contributed by atoms with van der Waals surface area (Å²) in [5, 5.41) is 0. The zero-order valence-electron chi connectivity index (χ0n) is 5.31. The second-order valence-electron chi connectivity index (χ2n) is 2.42. The van der Waals surface area contributed by atoms with Gasteiger partial charge in [-0.3, -0.25) is 0 Å². The first kappa shape index (κ1) is 6.93. The monoisotopic (exact) mass is 136 g/mol. The van der Waals surface area contributed by atoms with Crippen LogP contribution in [0.2, 0.25) is 0 Å². The summed E-state index contributed by atoms with van der Waals surface area (Å²) in [5.41, 5.74) is 0. The third-order valence-electron chi connectivity index (χ3n) is 1.82. The lowest BCUT2D eigenvalue weighted by atomic mass is 9.83. The summed E-state index contributed by atoms with van der Waals surface area (Å²) in [7, 11) is 1.56. The van der Waals surface area contributed by atoms with Crippen LogP contribution in [0, 0.1) is 5.92 Å². The van der Waals surface area contributed by atoms with E-state index >= 15 is 0 Å². The molecule has 0 atom stereocenters. The Balaban J connectivity index is 2.12. The molecule has 1 aliphatic carbocycles. The largest absolute Gasteiger partial charge is 0.381 e. The molecular weight excluding hydrogens is 126 g/mol. The summed E-state index contributed by atoms with van der Waals surface area (Å²) in [6, 6.07) is 0. The van der Waals surface area contributed by atoms with Gasteiger partial charge in [-0.25, -0.2) is 8.78 Å². The van der Waals surface area contributed by atoms with E-state index in [1.54, 1.807) is 7.11 Å². The van der Waals surface area contributed by atoms with Gasteiger partial charge in [0.25, 0.3) is 0 Å². The lowest BCUT2D eigenvalue weighted by Crippen LogP contribution is -2.34. The second kappa shape index (κ2) is 2.60. The first-order valence-corrected chi connectivity index (χ1v) is 3.05. The maximum atomic E-state index is 11.7. The van der Waals surface area contributed by atoms with E-state index in [2.05, 4.69) is 0 Å². The van der Waals surface area contributed by atoms with Gasteiger partial charge in [0.05, 0.1) is 6.10 Å². The normalized spacial score (nSPS) is 34.7. The molecule has 0 saturated heterocycles. The molecule has 0 unspecified atom stereocenters. The highest BCUT2D eigenvalue weighted by atomic mass is 19.3. The Labute approximate surface area is 53.0 Å². The van der Waals surface area contributed by atoms with Crippen molar-refractivity contribution in [2.75, 3.05) is 7.11 Å². The fraction of sp³-hybridized carbons (Fsp3) is 1.00. The van der Waals surface area contributed by atoms with Crippen molar-refractivity contribution < 1.29 is 13.5 Å². The molecule has 1 saturated carbocycles. The summed E-state index contributed by atoms with van der Waals surface area (Å²) < 4.78 is 28.3. The first-order valence-electron chi connectivity index (χ1n) is 3.05. The predicted molar refractivity (Wildman–Crippen MR) is 29.5 cm³/mol. The zero-order chi connectivity index (χ0) is 6.85. The minimum Gasteiger partial charge on any atom is -0.381 e. The molecule has 1 fully saturated rings. The average molecular weight is 136 g/mol. The topological polar surface area (TPSA) is 9.23 Å². The lowest BCUT2D eigenvalue weighted by molar-refractivity contribution is -0.0634. The van der Waals surface area contributed by atoms with Crippen LogP contribution in [0.25, 0.3) is 0 Å². The van der Waals surface area contributed by atoms with E-state index in [-0.39, 0.29) is 6.10 Å². The molecule has 0 N–H and O–H groups in total. The Morgan fingerprint density at radius 3 is 2.33 bits per heavy atom. The van der Waals surface area contributed by atoms with E-state index in [0.717, 1.165) is 0 Å². The minimum atomic E-state index is -2.14. The first-order chi connectivity index (χ1) is 4.24. The quantitative estimate of drug-likeness (QED) is 0.561. The Hall–Kier alpha value is -0.180. The van der Waals surface area contributed by atoms with Gasteiger partial charge in [0.15, 0.2) is 0 Å². The summed E-state index contributed by atoms with van der Waals surface area (Å²) in [6.45, 7) is 0. The number of hydrogen-bond acceptors (Lipinski definition) is 1. The maximum absolute atomic E-state index is 11.7. The Kier molecular flexibility index (Phi) is 2.01. The van der Waals surface area contributed by atoms with Crippen LogP contribution in [0.1, 0.15) is 12.8 Å². The van der Waals surface area contributed by atoms with Gasteiger partial charge in [-0.1, -0.05) is 0 Å². The highest BCUT2D eigenvalue weighted by Gasteiger charge is 2.35. The molecule has 0 bridgehead atoms. The predicted octanol–water partition coefficient (Wildman–Crippen LogP) is 1.68. The van der Waals surface area contributed by atoms with Crippen LogP contribution in [0.5, 0.6) is 0 Å². The molecule has 1 rings (SSSR count). The van der Waals surface area contributed by atoms with E-state index < -0.39 is 12.3 Å². The van der Waals surface area contributed by atoms with E-state index in [1.807, 2.05) is 0 Å². The molecule has 0 aromatic carbocycles. The van der Waals surface area contributed by atoms with Gasteiger partial charge in [-0.2, -0.15) is 0 Å². The second-order valence-corrected chi connectivity index (χ2v) is 2.42. The lowest BCUT2D eigenvalue weighted by Gasteiger charge is -2.33. The van der Waals surface area contributed by atoms with Crippen molar-refractivity contribution in [1.29, 1.82) is 0 Å². The Morgan fingerprint density at radius 1 is 1.44 bits per heavy atom. The van der Waals surface area contributed by atoms with Crippen molar-refractivity contribution in [3.05, 3.63) is 0 Å². The number of halogens is 2. The third-order valence-corrected chi connectivity index (χ3v) is 1.82. The fourth-order valence-electron chi connectivity index (χ4n) is 1.00. The van der Waals surface area contributed by atoms with Gasteiger partial charge in [0.2, 0.25) is 6.43 Å². The summed E-state index contributed by atoms with van der Waals surface area (Å²) in [5.74, 6) is -0.394. The van der Waals surface area contributed by atoms with Crippen LogP contribution in [0.3, 0.4) is 0 Å². The van der Waals surface area contributed by atoms with Crippen molar-refractivity contribution in [1.82, 2.24) is 0 Å². The van der Waals surface area contributed by atoms with Crippen molar-refractivity contribution in [2.24, 2.45) is 5.92 Å². The molecule has 0 aromatic heterocycles. The van der Waals surface area contributed by atoms with Crippen LogP contribution in [0.4, 0.5) is 8.78 Å². The van der Waals surface area contributed by atoms with E-state index in [1.165, 1.54) is 0 Å². The van der Waals surface area contributed by atoms with Crippen molar-refractivity contribution in [2.45, 2.75) is 25.4 Å². The van der Waals surface area contributed by atoms with Gasteiger partial charge in [-0.15, -0.1) is 0 Å². The van der Waals surface area contributed by atoms with Crippen LogP contribution >= 0.6 is 0 Å². The number of rotatable bonds is 2. The van der Waals surface area contributed by atoms with Gasteiger partial charge < -0.3 is 4.74 Å². The van der Waals surface area contributed by atoms with E-state index in [4.69, 9.17) is 4.74 Å². The molecule has 0 aromatic rings. The Bertz CT molecular complexity index is 89.1. The molecule has 0 amide bonds. The van der Waals surface area contributed by atoms with Crippen molar-refractivity contribution in [3.8, 4) is 0 Å². The molecule has 0 aliphatic heterocycles. The number of hydrogen-bond donors (Lipinski definition) is 0. The molecule has 0 spiro atoms. The molecule has 9 heavy (non-hydrogen) atoms. The minimum absolute atomic E-state index is 0.101. The summed E-state index contributed by atoms with van der Waals surface area (Å²) in [6.07, 6.45) is -0.970. The molecule has 54 valence electrons. The van der Waals surface area contributed by atoms with Gasteiger partial charge >= 0.3 is 0 Å². The molecular formula is C6H10F2O. The van der Waals surface area contributed by atoms with Gasteiger partial charge in [0, 0.05) is 13.0 Å². The molecule has 0 heterocycles. The summed E-state index contributed by atoms with van der Waals surface area (Å²) >= 11 is 0. The highest BCUT2D eigenvalue weighted by Crippen LogP contribution is 2.34. The fourth-order valence-corrected chi connectivity index (χ4v) is 1.00. The van der Waals surface area contributed by atoms with Crippen LogP contribution in [0.15, 0.2) is 0 Å². The molecule has 3 heteroatoms. The average Bonchev–Trinajstić information content (AvgIpc) is 1.61. The molecule has 1 aliphatic rings. The summed E-state index contributed by atoms with van der Waals surface area (Å²) in [4.78, 5) is 0. The zero-order valence-corrected chi connectivity index (χ0v) is 5.31.